The molecule has 5 nitrogen and oxygen atoms in total. The molecule has 1 saturated carbocycles. The fourth-order valence-corrected chi connectivity index (χ4v) is 3.65. The van der Waals surface area contributed by atoms with Crippen LogP contribution in [-0.2, 0) is 4.79 Å². The number of alkyl halides is 3. The number of carbonyl (C=O) groups is 1. The number of rotatable bonds is 7. The molecule has 124 valence electrons. The molecule has 1 unspecified atom stereocenters. The second-order valence-electron chi connectivity index (χ2n) is 5.13. The molecule has 1 heterocycles. The maximum Gasteiger partial charge on any atom is 0.406 e. The number of amides is 1. The molecule has 0 aromatic carbocycles. The first kappa shape index (κ1) is 17.3. The van der Waals surface area contributed by atoms with Gasteiger partial charge in [-0.05, 0) is 25.7 Å². The summed E-state index contributed by atoms with van der Waals surface area (Å²) in [4.78, 5) is 13.1. The molecule has 0 radical (unpaired) electrons. The van der Waals surface area contributed by atoms with Crippen molar-refractivity contribution in [1.29, 1.82) is 0 Å². The normalized spacial score (nSPS) is 16.4. The van der Waals surface area contributed by atoms with E-state index in [0.29, 0.717) is 9.47 Å². The smallest absolute Gasteiger partial charge is 0.363 e. The molecular formula is C12H17F3N4OS2. The van der Waals surface area contributed by atoms with Crippen LogP contribution in [0.3, 0.4) is 0 Å². The Morgan fingerprint density at radius 3 is 2.68 bits per heavy atom. The number of hydrogen-bond acceptors (Lipinski definition) is 6. The van der Waals surface area contributed by atoms with Crippen LogP contribution in [0.4, 0.5) is 18.3 Å². The zero-order valence-corrected chi connectivity index (χ0v) is 13.8. The van der Waals surface area contributed by atoms with Gasteiger partial charge in [-0.2, -0.15) is 13.2 Å². The first-order chi connectivity index (χ1) is 10.3. The molecule has 1 aliphatic rings. The molecule has 1 atom stereocenters. The lowest BCUT2D eigenvalue weighted by molar-refractivity contribution is -0.164. The van der Waals surface area contributed by atoms with E-state index < -0.39 is 18.6 Å². The largest absolute Gasteiger partial charge is 0.406 e. The summed E-state index contributed by atoms with van der Waals surface area (Å²) in [5.41, 5.74) is 0. The molecule has 1 N–H and O–H groups in total. The van der Waals surface area contributed by atoms with Crippen LogP contribution < -0.4 is 5.32 Å². The molecule has 1 aliphatic carbocycles. The lowest BCUT2D eigenvalue weighted by Gasteiger charge is -2.30. The summed E-state index contributed by atoms with van der Waals surface area (Å²) >= 11 is 2.38. The minimum absolute atomic E-state index is 0.0640. The van der Waals surface area contributed by atoms with E-state index in [9.17, 15) is 18.0 Å². The summed E-state index contributed by atoms with van der Waals surface area (Å²) < 4.78 is 38.6. The molecule has 1 fully saturated rings. The molecule has 10 heteroatoms. The second kappa shape index (κ2) is 7.03. The van der Waals surface area contributed by atoms with E-state index in [2.05, 4.69) is 15.5 Å². The third-order valence-electron chi connectivity index (χ3n) is 3.41. The van der Waals surface area contributed by atoms with Gasteiger partial charge in [-0.3, -0.25) is 4.79 Å². The molecule has 0 saturated heterocycles. The maximum atomic E-state index is 12.7. The standard InChI is InChI=1S/C12H17F3N4OS2/c1-7(8-3-4-8)19(6-12(13,14)15)9(20)5-21-11-18-17-10(16-2)22-11/h7-8H,3-6H2,1-2H3,(H,16,17). The van der Waals surface area contributed by atoms with Crippen LogP contribution in [0.1, 0.15) is 19.8 Å². The zero-order chi connectivity index (χ0) is 16.3. The number of aromatic nitrogens is 2. The van der Waals surface area contributed by atoms with Crippen LogP contribution in [-0.4, -0.2) is 52.6 Å². The van der Waals surface area contributed by atoms with Crippen LogP contribution >= 0.6 is 23.1 Å². The Hall–Kier alpha value is -1.03. The number of halogens is 3. The lowest BCUT2D eigenvalue weighted by atomic mass is 10.2. The number of nitrogens with one attached hydrogen (secondary N) is 1. The van der Waals surface area contributed by atoms with Gasteiger partial charge in [-0.1, -0.05) is 23.1 Å². The van der Waals surface area contributed by atoms with E-state index in [1.807, 2.05) is 0 Å². The molecule has 2 rings (SSSR count). The summed E-state index contributed by atoms with van der Waals surface area (Å²) in [6, 6.07) is -0.378. The lowest BCUT2D eigenvalue weighted by Crippen LogP contribution is -2.46. The van der Waals surface area contributed by atoms with Crippen molar-refractivity contribution >= 4 is 34.1 Å². The number of thioether (sulfide) groups is 1. The highest BCUT2D eigenvalue weighted by molar-refractivity contribution is 8.01. The Morgan fingerprint density at radius 1 is 1.50 bits per heavy atom. The molecule has 0 aliphatic heterocycles. The average molecular weight is 354 g/mol. The van der Waals surface area contributed by atoms with Crippen molar-refractivity contribution in [3.63, 3.8) is 0 Å². The Kier molecular flexibility index (Phi) is 5.54. The van der Waals surface area contributed by atoms with Gasteiger partial charge in [0.05, 0.1) is 5.75 Å². The predicted octanol–water partition coefficient (Wildman–Crippen LogP) is 2.86. The third-order valence-corrected chi connectivity index (χ3v) is 5.46. The van der Waals surface area contributed by atoms with E-state index >= 15 is 0 Å². The van der Waals surface area contributed by atoms with Crippen molar-refractivity contribution in [1.82, 2.24) is 15.1 Å². The van der Waals surface area contributed by atoms with Gasteiger partial charge in [0.15, 0.2) is 4.34 Å². The SMILES string of the molecule is CNc1nnc(SCC(=O)N(CC(F)(F)F)C(C)C2CC2)s1. The number of nitrogens with zero attached hydrogens (tertiary/aromatic N) is 3. The van der Waals surface area contributed by atoms with Crippen LogP contribution in [0.2, 0.25) is 0 Å². The number of carbonyl (C=O) groups excluding carboxylic acids is 1. The van der Waals surface area contributed by atoms with Crippen LogP contribution in [0, 0.1) is 5.92 Å². The fraction of sp³-hybridized carbons (Fsp3) is 0.750. The summed E-state index contributed by atoms with van der Waals surface area (Å²) in [7, 11) is 1.70. The molecule has 0 spiro atoms. The topological polar surface area (TPSA) is 58.1 Å². The van der Waals surface area contributed by atoms with Gasteiger partial charge in [0.2, 0.25) is 11.0 Å². The second-order valence-corrected chi connectivity index (χ2v) is 7.33. The number of hydrogen-bond donors (Lipinski definition) is 1. The van der Waals surface area contributed by atoms with E-state index in [1.165, 1.54) is 11.3 Å². The van der Waals surface area contributed by atoms with Crippen molar-refractivity contribution < 1.29 is 18.0 Å². The first-order valence-electron chi connectivity index (χ1n) is 6.80. The summed E-state index contributed by atoms with van der Waals surface area (Å²) in [5, 5.41) is 11.1. The maximum absolute atomic E-state index is 12.7. The van der Waals surface area contributed by atoms with Gasteiger partial charge in [-0.25, -0.2) is 0 Å². The van der Waals surface area contributed by atoms with Gasteiger partial charge < -0.3 is 10.2 Å². The van der Waals surface area contributed by atoms with Crippen molar-refractivity contribution in [2.24, 2.45) is 5.92 Å². The Labute approximate surface area is 134 Å². The highest BCUT2D eigenvalue weighted by Crippen LogP contribution is 2.36. The first-order valence-corrected chi connectivity index (χ1v) is 8.60. The van der Waals surface area contributed by atoms with Crippen molar-refractivity contribution in [2.45, 2.75) is 36.3 Å². The highest BCUT2D eigenvalue weighted by Gasteiger charge is 2.40. The van der Waals surface area contributed by atoms with Crippen molar-refractivity contribution in [2.75, 3.05) is 24.7 Å². The molecule has 22 heavy (non-hydrogen) atoms. The summed E-state index contributed by atoms with van der Waals surface area (Å²) in [6.45, 7) is 0.498. The Morgan fingerprint density at radius 2 is 2.18 bits per heavy atom. The van der Waals surface area contributed by atoms with Gasteiger partial charge in [0, 0.05) is 13.1 Å². The highest BCUT2D eigenvalue weighted by atomic mass is 32.2. The van der Waals surface area contributed by atoms with Gasteiger partial charge in [-0.15, -0.1) is 10.2 Å². The van der Waals surface area contributed by atoms with Crippen molar-refractivity contribution in [3.8, 4) is 0 Å². The molecule has 0 bridgehead atoms. The average Bonchev–Trinajstić information content (AvgIpc) is 3.19. The molecular weight excluding hydrogens is 337 g/mol. The van der Waals surface area contributed by atoms with E-state index in [0.717, 1.165) is 29.5 Å². The minimum atomic E-state index is -4.38. The van der Waals surface area contributed by atoms with E-state index in [1.54, 1.807) is 14.0 Å². The van der Waals surface area contributed by atoms with Gasteiger partial charge in [0.1, 0.15) is 6.54 Å². The van der Waals surface area contributed by atoms with Gasteiger partial charge in [0.25, 0.3) is 0 Å². The van der Waals surface area contributed by atoms with Crippen molar-refractivity contribution in [3.05, 3.63) is 0 Å². The third kappa shape index (κ3) is 5.01. The summed E-state index contributed by atoms with van der Waals surface area (Å²) in [6.07, 6.45) is -2.61. The van der Waals surface area contributed by atoms with E-state index in [4.69, 9.17) is 0 Å². The quantitative estimate of drug-likeness (QED) is 0.763. The zero-order valence-electron chi connectivity index (χ0n) is 12.2. The molecule has 1 aromatic rings. The van der Waals surface area contributed by atoms with Crippen LogP contribution in [0.5, 0.6) is 0 Å². The Balaban J connectivity index is 1.95. The molecule has 1 amide bonds. The monoisotopic (exact) mass is 354 g/mol. The van der Waals surface area contributed by atoms with Gasteiger partial charge >= 0.3 is 6.18 Å². The molecule has 1 aromatic heterocycles. The minimum Gasteiger partial charge on any atom is -0.363 e. The van der Waals surface area contributed by atoms with Crippen LogP contribution in [0.15, 0.2) is 4.34 Å². The number of anilines is 1. The predicted molar refractivity (Wildman–Crippen MR) is 80.1 cm³/mol. The Bertz CT molecular complexity index is 519. The van der Waals surface area contributed by atoms with Crippen LogP contribution in [0.25, 0.3) is 0 Å². The summed E-state index contributed by atoms with van der Waals surface area (Å²) in [5.74, 6) is -0.387. The fourth-order valence-electron chi connectivity index (χ4n) is 2.06. The van der Waals surface area contributed by atoms with E-state index in [-0.39, 0.29) is 17.7 Å².